The van der Waals surface area contributed by atoms with E-state index in [2.05, 4.69) is 18.9 Å². The summed E-state index contributed by atoms with van der Waals surface area (Å²) in [6, 6.07) is 9.92. The molecule has 0 radical (unpaired) electrons. The molecule has 2 heterocycles. The van der Waals surface area contributed by atoms with Crippen molar-refractivity contribution in [2.24, 2.45) is 0 Å². The Morgan fingerprint density at radius 2 is 1.83 bits per heavy atom. The van der Waals surface area contributed by atoms with E-state index in [0.29, 0.717) is 17.0 Å². The quantitative estimate of drug-likeness (QED) is 0.726. The fraction of sp³-hybridized carbons (Fsp3) is 0.211. The third-order valence-electron chi connectivity index (χ3n) is 4.35. The predicted octanol–water partition coefficient (Wildman–Crippen LogP) is 3.78. The number of rotatable bonds is 5. The number of carboxylic acids is 1. The average Bonchev–Trinajstić information content (AvgIpc) is 3.04. The molecule has 122 valence electrons. The van der Waals surface area contributed by atoms with Gasteiger partial charge in [0.15, 0.2) is 5.78 Å². The number of nitrogens with zero attached hydrogens (tertiary/aromatic N) is 2. The number of pyridine rings is 1. The number of fused-ring (bicyclic) bond motifs is 1. The lowest BCUT2D eigenvalue weighted by molar-refractivity contribution is 0.0696. The molecule has 0 aliphatic carbocycles. The molecule has 2 aromatic heterocycles. The molecule has 5 heteroatoms. The smallest absolute Gasteiger partial charge is 0.335 e. The Labute approximate surface area is 139 Å². The van der Waals surface area contributed by atoms with Gasteiger partial charge in [-0.05, 0) is 36.1 Å². The molecule has 0 amide bonds. The van der Waals surface area contributed by atoms with Crippen LogP contribution < -0.4 is 0 Å². The van der Waals surface area contributed by atoms with E-state index >= 15 is 0 Å². The zero-order valence-corrected chi connectivity index (χ0v) is 13.6. The van der Waals surface area contributed by atoms with Crippen molar-refractivity contribution in [3.05, 3.63) is 71.0 Å². The highest BCUT2D eigenvalue weighted by Gasteiger charge is 2.19. The van der Waals surface area contributed by atoms with Crippen LogP contribution in [0.5, 0.6) is 0 Å². The summed E-state index contributed by atoms with van der Waals surface area (Å²) in [5.41, 5.74) is 3.05. The maximum absolute atomic E-state index is 12.9. The van der Waals surface area contributed by atoms with Crippen LogP contribution >= 0.6 is 0 Å². The first-order valence-corrected chi connectivity index (χ1v) is 7.87. The van der Waals surface area contributed by atoms with Gasteiger partial charge in [0, 0.05) is 11.8 Å². The molecule has 1 atom stereocenters. The van der Waals surface area contributed by atoms with Crippen LogP contribution in [-0.2, 0) is 0 Å². The Balaban J connectivity index is 2.08. The third kappa shape index (κ3) is 2.69. The van der Waals surface area contributed by atoms with Gasteiger partial charge in [0.1, 0.15) is 0 Å². The predicted molar refractivity (Wildman–Crippen MR) is 90.7 cm³/mol. The normalized spacial score (nSPS) is 12.2. The summed E-state index contributed by atoms with van der Waals surface area (Å²) < 4.78 is 1.72. The molecule has 1 unspecified atom stereocenters. The summed E-state index contributed by atoms with van der Waals surface area (Å²) in [7, 11) is 0. The highest BCUT2D eigenvalue weighted by molar-refractivity contribution is 6.13. The summed E-state index contributed by atoms with van der Waals surface area (Å²) in [6.45, 7) is 4.23. The number of benzene rings is 1. The Kier molecular flexibility index (Phi) is 4.16. The molecule has 0 saturated carbocycles. The Bertz CT molecular complexity index is 910. The van der Waals surface area contributed by atoms with Gasteiger partial charge >= 0.3 is 5.97 Å². The third-order valence-corrected chi connectivity index (χ3v) is 4.35. The lowest BCUT2D eigenvalue weighted by Gasteiger charge is -2.12. The first-order valence-electron chi connectivity index (χ1n) is 7.87. The highest BCUT2D eigenvalue weighted by Crippen LogP contribution is 2.27. The molecule has 1 aromatic carbocycles. The molecule has 1 N–H and O–H groups in total. The van der Waals surface area contributed by atoms with Crippen molar-refractivity contribution in [1.82, 2.24) is 9.61 Å². The van der Waals surface area contributed by atoms with Gasteiger partial charge in [-0.2, -0.15) is 5.10 Å². The van der Waals surface area contributed by atoms with E-state index in [1.54, 1.807) is 22.8 Å². The number of carbonyl (C=O) groups excluding carboxylic acids is 1. The van der Waals surface area contributed by atoms with Crippen LogP contribution in [0, 0.1) is 0 Å². The van der Waals surface area contributed by atoms with E-state index in [1.807, 2.05) is 18.3 Å². The minimum Gasteiger partial charge on any atom is -0.478 e. The summed E-state index contributed by atoms with van der Waals surface area (Å²) in [5, 5.41) is 13.3. The zero-order chi connectivity index (χ0) is 17.3. The Morgan fingerprint density at radius 1 is 1.17 bits per heavy atom. The van der Waals surface area contributed by atoms with Crippen molar-refractivity contribution in [2.75, 3.05) is 0 Å². The van der Waals surface area contributed by atoms with Crippen LogP contribution in [0.1, 0.15) is 58.0 Å². The topological polar surface area (TPSA) is 71.7 Å². The highest BCUT2D eigenvalue weighted by atomic mass is 16.4. The molecule has 0 aliphatic rings. The van der Waals surface area contributed by atoms with Crippen LogP contribution in [-0.4, -0.2) is 26.5 Å². The first kappa shape index (κ1) is 15.9. The number of aromatic carboxylic acids is 1. The van der Waals surface area contributed by atoms with Gasteiger partial charge in [0.05, 0.1) is 22.8 Å². The summed E-state index contributed by atoms with van der Waals surface area (Å²) in [5.74, 6) is -0.854. The second-order valence-corrected chi connectivity index (χ2v) is 5.84. The summed E-state index contributed by atoms with van der Waals surface area (Å²) in [4.78, 5) is 23.8. The second-order valence-electron chi connectivity index (χ2n) is 5.84. The fourth-order valence-corrected chi connectivity index (χ4v) is 2.77. The molecule has 0 saturated heterocycles. The number of carbonyl (C=O) groups is 2. The molecule has 0 spiro atoms. The van der Waals surface area contributed by atoms with Crippen molar-refractivity contribution in [1.29, 1.82) is 0 Å². The summed E-state index contributed by atoms with van der Waals surface area (Å²) in [6.07, 6.45) is 4.37. The molecular weight excluding hydrogens is 304 g/mol. The molecular formula is C19H18N2O3. The Morgan fingerprint density at radius 3 is 2.46 bits per heavy atom. The number of aromatic nitrogens is 2. The van der Waals surface area contributed by atoms with E-state index < -0.39 is 5.97 Å². The van der Waals surface area contributed by atoms with Gasteiger partial charge in [0.25, 0.3) is 0 Å². The van der Waals surface area contributed by atoms with Crippen LogP contribution in [0.3, 0.4) is 0 Å². The van der Waals surface area contributed by atoms with E-state index in [0.717, 1.165) is 17.5 Å². The van der Waals surface area contributed by atoms with Gasteiger partial charge < -0.3 is 5.11 Å². The van der Waals surface area contributed by atoms with Crippen LogP contribution in [0.25, 0.3) is 5.52 Å². The van der Waals surface area contributed by atoms with Gasteiger partial charge in [-0.1, -0.05) is 32.0 Å². The minimum atomic E-state index is -1.01. The number of hydrogen-bond donors (Lipinski definition) is 1. The van der Waals surface area contributed by atoms with Crippen molar-refractivity contribution >= 4 is 17.3 Å². The molecule has 0 bridgehead atoms. The molecule has 3 aromatic rings. The number of ketones is 1. The van der Waals surface area contributed by atoms with Crippen molar-refractivity contribution in [3.63, 3.8) is 0 Å². The lowest BCUT2D eigenvalue weighted by atomic mass is 9.94. The van der Waals surface area contributed by atoms with E-state index in [-0.39, 0.29) is 11.3 Å². The average molecular weight is 322 g/mol. The lowest BCUT2D eigenvalue weighted by Crippen LogP contribution is -2.05. The monoisotopic (exact) mass is 322 g/mol. The first-order chi connectivity index (χ1) is 11.5. The van der Waals surface area contributed by atoms with Gasteiger partial charge in [-0.25, -0.2) is 9.31 Å². The second kappa shape index (κ2) is 6.28. The van der Waals surface area contributed by atoms with Crippen LogP contribution in [0.15, 0.2) is 48.8 Å². The molecule has 3 rings (SSSR count). The summed E-state index contributed by atoms with van der Waals surface area (Å²) >= 11 is 0. The zero-order valence-electron chi connectivity index (χ0n) is 13.6. The Hall–Kier alpha value is -2.95. The van der Waals surface area contributed by atoms with E-state index in [4.69, 9.17) is 5.11 Å². The number of hydrogen-bond acceptors (Lipinski definition) is 3. The number of carboxylic acid groups (broad SMARTS) is 1. The van der Waals surface area contributed by atoms with Crippen molar-refractivity contribution in [3.8, 4) is 0 Å². The molecule has 0 fully saturated rings. The maximum Gasteiger partial charge on any atom is 0.335 e. The van der Waals surface area contributed by atoms with Crippen molar-refractivity contribution < 1.29 is 14.7 Å². The van der Waals surface area contributed by atoms with Crippen LogP contribution in [0.4, 0.5) is 0 Å². The largest absolute Gasteiger partial charge is 0.478 e. The molecule has 0 aliphatic heterocycles. The SMILES string of the molecule is CCC(C)c1cccn2ncc(C(=O)c3ccc(C(=O)O)cc3)c12. The standard InChI is InChI=1S/C19H18N2O3/c1-3-12(2)15-5-4-10-21-17(15)16(11-20-21)18(22)13-6-8-14(9-7-13)19(23)24/h4-12H,3H2,1-2H3,(H,23,24). The maximum atomic E-state index is 12.9. The molecule has 5 nitrogen and oxygen atoms in total. The van der Waals surface area contributed by atoms with Gasteiger partial charge in [0.2, 0.25) is 0 Å². The van der Waals surface area contributed by atoms with Crippen LogP contribution in [0.2, 0.25) is 0 Å². The molecule has 24 heavy (non-hydrogen) atoms. The van der Waals surface area contributed by atoms with Gasteiger partial charge in [-0.15, -0.1) is 0 Å². The van der Waals surface area contributed by atoms with E-state index in [9.17, 15) is 9.59 Å². The van der Waals surface area contributed by atoms with E-state index in [1.165, 1.54) is 12.1 Å². The fourth-order valence-electron chi connectivity index (χ4n) is 2.77. The minimum absolute atomic E-state index is 0.155. The van der Waals surface area contributed by atoms with Gasteiger partial charge in [-0.3, -0.25) is 4.79 Å². The van der Waals surface area contributed by atoms with Crippen molar-refractivity contribution in [2.45, 2.75) is 26.2 Å².